The maximum Gasteiger partial charge on any atom is 0.258 e. The van der Waals surface area contributed by atoms with Gasteiger partial charge in [0.1, 0.15) is 12.4 Å². The smallest absolute Gasteiger partial charge is 0.258 e. The van der Waals surface area contributed by atoms with Gasteiger partial charge in [0.15, 0.2) is 5.11 Å². The quantitative estimate of drug-likeness (QED) is 0.310. The first kappa shape index (κ1) is 25.9. The summed E-state index contributed by atoms with van der Waals surface area (Å²) >= 11 is 5.27. The molecule has 0 saturated carbocycles. The number of hydrogen-bond acceptors (Lipinski definition) is 5. The molecule has 3 aromatic rings. The van der Waals surface area contributed by atoms with Crippen LogP contribution in [0.2, 0.25) is 0 Å². The number of carbonyl (C=O) groups is 2. The summed E-state index contributed by atoms with van der Waals surface area (Å²) in [7, 11) is 0. The van der Waals surface area contributed by atoms with Crippen molar-refractivity contribution < 1.29 is 19.1 Å². The summed E-state index contributed by atoms with van der Waals surface area (Å²) in [5.41, 5.74) is 2.51. The van der Waals surface area contributed by atoms with E-state index in [0.717, 1.165) is 5.69 Å². The Hall–Kier alpha value is -3.75. The van der Waals surface area contributed by atoms with Gasteiger partial charge in [0.05, 0.1) is 6.61 Å². The Morgan fingerprint density at radius 1 is 0.857 bits per heavy atom. The molecule has 0 aromatic heterocycles. The molecule has 0 saturated heterocycles. The number of hydrogen-bond donors (Lipinski definition) is 2. The molecule has 35 heavy (non-hydrogen) atoms. The van der Waals surface area contributed by atoms with Gasteiger partial charge in [0, 0.05) is 35.7 Å². The standard InChI is InChI=1S/C27H29N3O4S/c1-3-30(23-8-6-5-7-9-23)26(32)21-10-14-22(15-11-21)28-27(35)29-25(31)20-12-16-24(17-13-20)34-19-18-33-4-2/h5-17H,3-4,18-19H2,1-2H3,(H2,28,29,31,35). The van der Waals surface area contributed by atoms with Crippen molar-refractivity contribution in [1.82, 2.24) is 5.32 Å². The van der Waals surface area contributed by atoms with E-state index in [1.54, 1.807) is 53.4 Å². The molecule has 0 heterocycles. The summed E-state index contributed by atoms with van der Waals surface area (Å²) in [6, 6.07) is 23.3. The largest absolute Gasteiger partial charge is 0.491 e. The fourth-order valence-corrected chi connectivity index (χ4v) is 3.52. The van der Waals surface area contributed by atoms with Gasteiger partial charge in [-0.3, -0.25) is 14.9 Å². The number of thiocarbonyl (C=S) groups is 1. The maximum absolute atomic E-state index is 12.9. The third-order valence-corrected chi connectivity index (χ3v) is 5.27. The first-order valence-corrected chi connectivity index (χ1v) is 11.8. The summed E-state index contributed by atoms with van der Waals surface area (Å²) < 4.78 is 10.8. The summed E-state index contributed by atoms with van der Waals surface area (Å²) in [6.45, 7) is 6.02. The van der Waals surface area contributed by atoms with E-state index in [1.807, 2.05) is 44.2 Å². The lowest BCUT2D eigenvalue weighted by Crippen LogP contribution is -2.34. The normalized spacial score (nSPS) is 10.3. The van der Waals surface area contributed by atoms with E-state index in [-0.39, 0.29) is 16.9 Å². The van der Waals surface area contributed by atoms with Crippen LogP contribution in [0.5, 0.6) is 5.75 Å². The van der Waals surface area contributed by atoms with E-state index in [4.69, 9.17) is 21.7 Å². The van der Waals surface area contributed by atoms with Crippen molar-refractivity contribution in [1.29, 1.82) is 0 Å². The molecule has 2 N–H and O–H groups in total. The van der Waals surface area contributed by atoms with E-state index in [0.29, 0.717) is 48.9 Å². The Balaban J connectivity index is 1.52. The molecule has 0 aliphatic heterocycles. The van der Waals surface area contributed by atoms with Crippen molar-refractivity contribution >= 4 is 40.5 Å². The molecule has 2 amide bonds. The fraction of sp³-hybridized carbons (Fsp3) is 0.222. The minimum Gasteiger partial charge on any atom is -0.491 e. The van der Waals surface area contributed by atoms with Gasteiger partial charge in [-0.15, -0.1) is 0 Å². The summed E-state index contributed by atoms with van der Waals surface area (Å²) in [6.07, 6.45) is 0. The van der Waals surface area contributed by atoms with Crippen LogP contribution in [0.1, 0.15) is 34.6 Å². The number of amides is 2. The van der Waals surface area contributed by atoms with Gasteiger partial charge in [-0.2, -0.15) is 0 Å². The first-order chi connectivity index (χ1) is 17.0. The predicted octanol–water partition coefficient (Wildman–Crippen LogP) is 4.90. The molecule has 8 heteroatoms. The van der Waals surface area contributed by atoms with Gasteiger partial charge in [-0.05, 0) is 86.7 Å². The second-order valence-electron chi connectivity index (χ2n) is 7.44. The van der Waals surface area contributed by atoms with Gasteiger partial charge >= 0.3 is 0 Å². The molecule has 7 nitrogen and oxygen atoms in total. The highest BCUT2D eigenvalue weighted by Crippen LogP contribution is 2.18. The highest BCUT2D eigenvalue weighted by Gasteiger charge is 2.16. The lowest BCUT2D eigenvalue weighted by Gasteiger charge is -2.21. The third-order valence-electron chi connectivity index (χ3n) is 5.06. The van der Waals surface area contributed by atoms with Crippen LogP contribution in [-0.2, 0) is 4.74 Å². The minimum absolute atomic E-state index is 0.0913. The Bertz CT molecular complexity index is 1120. The zero-order chi connectivity index (χ0) is 25.0. The highest BCUT2D eigenvalue weighted by molar-refractivity contribution is 7.80. The van der Waals surface area contributed by atoms with E-state index < -0.39 is 0 Å². The van der Waals surface area contributed by atoms with Crippen LogP contribution in [0.3, 0.4) is 0 Å². The molecule has 182 valence electrons. The zero-order valence-corrected chi connectivity index (χ0v) is 20.6. The van der Waals surface area contributed by atoms with Crippen LogP contribution < -0.4 is 20.3 Å². The average molecular weight is 492 g/mol. The minimum atomic E-state index is -0.336. The maximum atomic E-state index is 12.9. The Labute approximate surface area is 211 Å². The molecule has 0 atom stereocenters. The van der Waals surface area contributed by atoms with Crippen LogP contribution in [0.4, 0.5) is 11.4 Å². The number of rotatable bonds is 10. The lowest BCUT2D eigenvalue weighted by atomic mass is 10.1. The van der Waals surface area contributed by atoms with Crippen molar-refractivity contribution in [3.05, 3.63) is 90.0 Å². The zero-order valence-electron chi connectivity index (χ0n) is 19.8. The number of nitrogens with one attached hydrogen (secondary N) is 2. The SMILES string of the molecule is CCOCCOc1ccc(C(=O)NC(=S)Nc2ccc(C(=O)N(CC)c3ccccc3)cc2)cc1. The lowest BCUT2D eigenvalue weighted by molar-refractivity contribution is 0.0973. The molecule has 0 radical (unpaired) electrons. The second kappa shape index (κ2) is 13.2. The molecule has 0 aliphatic rings. The fourth-order valence-electron chi connectivity index (χ4n) is 3.31. The average Bonchev–Trinajstić information content (AvgIpc) is 2.88. The summed E-state index contributed by atoms with van der Waals surface area (Å²) in [5.74, 6) is 0.230. The number of anilines is 2. The van der Waals surface area contributed by atoms with Gasteiger partial charge in [-0.25, -0.2) is 0 Å². The second-order valence-corrected chi connectivity index (χ2v) is 7.85. The molecule has 3 aromatic carbocycles. The topological polar surface area (TPSA) is 79.9 Å². The summed E-state index contributed by atoms with van der Waals surface area (Å²) in [4.78, 5) is 27.1. The molecular weight excluding hydrogens is 462 g/mol. The van der Waals surface area contributed by atoms with Crippen molar-refractivity contribution in [2.24, 2.45) is 0 Å². The molecule has 3 rings (SSSR count). The Morgan fingerprint density at radius 2 is 1.51 bits per heavy atom. The van der Waals surface area contributed by atoms with Crippen LogP contribution in [0.15, 0.2) is 78.9 Å². The molecule has 0 spiro atoms. The van der Waals surface area contributed by atoms with E-state index in [2.05, 4.69) is 10.6 Å². The van der Waals surface area contributed by atoms with Crippen LogP contribution >= 0.6 is 12.2 Å². The number of ether oxygens (including phenoxy) is 2. The predicted molar refractivity (Wildman–Crippen MR) is 142 cm³/mol. The van der Waals surface area contributed by atoms with E-state index >= 15 is 0 Å². The van der Waals surface area contributed by atoms with Crippen LogP contribution in [0.25, 0.3) is 0 Å². The van der Waals surface area contributed by atoms with Gasteiger partial charge in [0.2, 0.25) is 0 Å². The number of nitrogens with zero attached hydrogens (tertiary/aromatic N) is 1. The number of carbonyl (C=O) groups excluding carboxylic acids is 2. The van der Waals surface area contributed by atoms with Crippen LogP contribution in [-0.4, -0.2) is 43.3 Å². The highest BCUT2D eigenvalue weighted by atomic mass is 32.1. The van der Waals surface area contributed by atoms with Crippen molar-refractivity contribution in [3.63, 3.8) is 0 Å². The monoisotopic (exact) mass is 491 g/mol. The van der Waals surface area contributed by atoms with Gasteiger partial charge < -0.3 is 19.7 Å². The molecule has 0 unspecified atom stereocenters. The number of para-hydroxylation sites is 1. The van der Waals surface area contributed by atoms with Gasteiger partial charge in [0.25, 0.3) is 11.8 Å². The molecule has 0 aliphatic carbocycles. The third kappa shape index (κ3) is 7.63. The Kier molecular flexibility index (Phi) is 9.77. The van der Waals surface area contributed by atoms with Crippen molar-refractivity contribution in [2.45, 2.75) is 13.8 Å². The Morgan fingerprint density at radius 3 is 2.14 bits per heavy atom. The first-order valence-electron chi connectivity index (χ1n) is 11.4. The molecular formula is C27H29N3O4S. The number of benzene rings is 3. The molecule has 0 bridgehead atoms. The van der Waals surface area contributed by atoms with Crippen molar-refractivity contribution in [3.8, 4) is 5.75 Å². The van der Waals surface area contributed by atoms with E-state index in [1.165, 1.54) is 0 Å². The van der Waals surface area contributed by atoms with Crippen molar-refractivity contribution in [2.75, 3.05) is 36.6 Å². The molecule has 0 fully saturated rings. The summed E-state index contributed by atoms with van der Waals surface area (Å²) in [5, 5.41) is 5.78. The van der Waals surface area contributed by atoms with Gasteiger partial charge in [-0.1, -0.05) is 18.2 Å². The van der Waals surface area contributed by atoms with Crippen LogP contribution in [0, 0.1) is 0 Å². The van der Waals surface area contributed by atoms with E-state index in [9.17, 15) is 9.59 Å².